The number of rotatable bonds is 3. The van der Waals surface area contributed by atoms with Crippen molar-refractivity contribution in [2.45, 2.75) is 6.18 Å². The molecule has 0 amide bonds. The highest BCUT2D eigenvalue weighted by Crippen LogP contribution is 2.38. The lowest BCUT2D eigenvalue weighted by molar-refractivity contribution is -0.136. The fraction of sp³-hybridized carbons (Fsp3) is 0.167. The first kappa shape index (κ1) is 16.1. The van der Waals surface area contributed by atoms with Crippen LogP contribution in [-0.2, 0) is 6.18 Å². The molecule has 0 fully saturated rings. The topological polar surface area (TPSA) is 31.4 Å². The number of fused-ring (bicyclic) bond motifs is 1. The van der Waals surface area contributed by atoms with E-state index in [1.54, 1.807) is 30.3 Å². The molecule has 1 aromatic heterocycles. The number of para-hydroxylation sites is 1. The van der Waals surface area contributed by atoms with E-state index in [1.165, 1.54) is 26.5 Å². The second-order valence-corrected chi connectivity index (χ2v) is 5.13. The van der Waals surface area contributed by atoms with Crippen molar-refractivity contribution in [2.24, 2.45) is 0 Å². The molecule has 24 heavy (non-hydrogen) atoms. The van der Waals surface area contributed by atoms with Crippen LogP contribution in [0, 0.1) is 0 Å². The molecule has 0 unspecified atom stereocenters. The lowest BCUT2D eigenvalue weighted by Gasteiger charge is -2.13. The highest BCUT2D eigenvalue weighted by atomic mass is 19.4. The van der Waals surface area contributed by atoms with Gasteiger partial charge in [-0.2, -0.15) is 13.2 Å². The smallest absolute Gasteiger partial charge is 0.418 e. The van der Waals surface area contributed by atoms with Crippen molar-refractivity contribution in [3.8, 4) is 22.6 Å². The van der Waals surface area contributed by atoms with Crippen LogP contribution in [0.3, 0.4) is 0 Å². The van der Waals surface area contributed by atoms with Crippen LogP contribution in [0.4, 0.5) is 13.2 Å². The third kappa shape index (κ3) is 2.75. The molecule has 1 heterocycles. The van der Waals surface area contributed by atoms with Crippen molar-refractivity contribution in [3.63, 3.8) is 0 Å². The summed E-state index contributed by atoms with van der Waals surface area (Å²) >= 11 is 0. The Morgan fingerprint density at radius 1 is 0.917 bits per heavy atom. The maximum Gasteiger partial charge on any atom is 0.418 e. The van der Waals surface area contributed by atoms with Gasteiger partial charge in [0.05, 0.1) is 25.3 Å². The van der Waals surface area contributed by atoms with Crippen molar-refractivity contribution in [1.29, 1.82) is 0 Å². The van der Waals surface area contributed by atoms with E-state index in [4.69, 9.17) is 9.47 Å². The highest BCUT2D eigenvalue weighted by Gasteiger charge is 2.33. The Hall–Kier alpha value is -2.76. The molecule has 3 rings (SSSR count). The van der Waals surface area contributed by atoms with Crippen LogP contribution in [0.5, 0.6) is 11.5 Å². The van der Waals surface area contributed by atoms with Crippen molar-refractivity contribution < 1.29 is 22.6 Å². The fourth-order valence-electron chi connectivity index (χ4n) is 2.66. The number of hydrogen-bond acceptors (Lipinski definition) is 3. The molecular formula is C18H14F3NO2. The van der Waals surface area contributed by atoms with Crippen molar-refractivity contribution in [3.05, 3.63) is 54.2 Å². The van der Waals surface area contributed by atoms with Crippen molar-refractivity contribution in [2.75, 3.05) is 14.2 Å². The molecule has 0 aliphatic heterocycles. The minimum absolute atomic E-state index is 0.0720. The minimum Gasteiger partial charge on any atom is -0.493 e. The van der Waals surface area contributed by atoms with Crippen LogP contribution in [-0.4, -0.2) is 19.2 Å². The fourth-order valence-corrected chi connectivity index (χ4v) is 2.66. The van der Waals surface area contributed by atoms with Crippen LogP contribution in [0.1, 0.15) is 5.56 Å². The summed E-state index contributed by atoms with van der Waals surface area (Å²) in [5.41, 5.74) is 0.547. The summed E-state index contributed by atoms with van der Waals surface area (Å²) in [4.78, 5) is 3.93. The van der Waals surface area contributed by atoms with Gasteiger partial charge in [-0.15, -0.1) is 0 Å². The first-order valence-electron chi connectivity index (χ1n) is 7.13. The Bertz CT molecular complexity index is 891. The summed E-state index contributed by atoms with van der Waals surface area (Å²) in [5.74, 6) is 1.06. The molecule has 0 saturated heterocycles. The van der Waals surface area contributed by atoms with Crippen LogP contribution >= 0.6 is 0 Å². The number of nitrogens with zero attached hydrogens (tertiary/aromatic N) is 1. The van der Waals surface area contributed by atoms with Gasteiger partial charge in [-0.05, 0) is 35.4 Å². The van der Waals surface area contributed by atoms with Crippen LogP contribution < -0.4 is 9.47 Å². The van der Waals surface area contributed by atoms with Crippen LogP contribution in [0.2, 0.25) is 0 Å². The first-order valence-corrected chi connectivity index (χ1v) is 7.13. The Kier molecular flexibility index (Phi) is 4.05. The monoisotopic (exact) mass is 333 g/mol. The molecule has 124 valence electrons. The summed E-state index contributed by atoms with van der Waals surface area (Å²) in [6.07, 6.45) is -3.08. The number of methoxy groups -OCH3 is 2. The van der Waals surface area contributed by atoms with Gasteiger partial charge >= 0.3 is 6.18 Å². The normalized spacial score (nSPS) is 11.5. The summed E-state index contributed by atoms with van der Waals surface area (Å²) in [6, 6.07) is 11.0. The zero-order valence-corrected chi connectivity index (χ0v) is 13.0. The Labute approximate surface area is 136 Å². The largest absolute Gasteiger partial charge is 0.493 e. The summed E-state index contributed by atoms with van der Waals surface area (Å²) < 4.78 is 50.0. The standard InChI is InChI=1S/C18H14F3NO2/c1-23-15-7-6-11(10-16(15)24-2)12-8-9-22-17-13(12)4-3-5-14(17)18(19,20)21/h3-10H,1-2H3. The number of halogens is 3. The number of pyridine rings is 1. The molecule has 3 aromatic rings. The van der Waals surface area contributed by atoms with Gasteiger partial charge in [0.1, 0.15) is 0 Å². The van der Waals surface area contributed by atoms with Crippen molar-refractivity contribution >= 4 is 10.9 Å². The van der Waals surface area contributed by atoms with E-state index < -0.39 is 11.7 Å². The molecule has 3 nitrogen and oxygen atoms in total. The Morgan fingerprint density at radius 3 is 2.33 bits per heavy atom. The number of alkyl halides is 3. The molecular weight excluding hydrogens is 319 g/mol. The van der Waals surface area contributed by atoms with E-state index in [1.807, 2.05) is 0 Å². The van der Waals surface area contributed by atoms with Gasteiger partial charge in [0.2, 0.25) is 0 Å². The molecule has 0 atom stereocenters. The lowest BCUT2D eigenvalue weighted by Crippen LogP contribution is -2.06. The maximum atomic E-state index is 13.2. The van der Waals surface area contributed by atoms with Gasteiger partial charge in [0.15, 0.2) is 11.5 Å². The first-order chi connectivity index (χ1) is 11.5. The highest BCUT2D eigenvalue weighted by molar-refractivity contribution is 5.96. The van der Waals surface area contributed by atoms with Gasteiger partial charge in [0, 0.05) is 11.6 Å². The van der Waals surface area contributed by atoms with Gasteiger partial charge < -0.3 is 9.47 Å². The van der Waals surface area contributed by atoms with E-state index in [0.717, 1.165) is 11.6 Å². The van der Waals surface area contributed by atoms with Crippen LogP contribution in [0.25, 0.3) is 22.0 Å². The average molecular weight is 333 g/mol. The molecule has 0 aliphatic carbocycles. The average Bonchev–Trinajstić information content (AvgIpc) is 2.59. The van der Waals surface area contributed by atoms with Crippen LogP contribution in [0.15, 0.2) is 48.7 Å². The number of ether oxygens (including phenoxy) is 2. The number of hydrogen-bond donors (Lipinski definition) is 0. The molecule has 0 spiro atoms. The Morgan fingerprint density at radius 2 is 1.67 bits per heavy atom. The molecule has 0 aliphatic rings. The summed E-state index contributed by atoms with van der Waals surface area (Å²) in [5, 5.41) is 0.430. The zero-order valence-electron chi connectivity index (χ0n) is 13.0. The summed E-state index contributed by atoms with van der Waals surface area (Å²) in [7, 11) is 3.03. The zero-order chi connectivity index (χ0) is 17.3. The third-order valence-corrected chi connectivity index (χ3v) is 3.77. The minimum atomic E-state index is -4.46. The molecule has 0 saturated carbocycles. The Balaban J connectivity index is 2.25. The van der Waals surface area contributed by atoms with E-state index in [2.05, 4.69) is 4.98 Å². The maximum absolute atomic E-state index is 13.2. The second kappa shape index (κ2) is 6.03. The predicted octanol–water partition coefficient (Wildman–Crippen LogP) is 4.94. The van der Waals surface area contributed by atoms with Gasteiger partial charge in [-0.3, -0.25) is 4.98 Å². The summed E-state index contributed by atoms with van der Waals surface area (Å²) in [6.45, 7) is 0. The van der Waals surface area contributed by atoms with Gasteiger partial charge in [-0.1, -0.05) is 18.2 Å². The molecule has 6 heteroatoms. The molecule has 0 N–H and O–H groups in total. The number of aromatic nitrogens is 1. The third-order valence-electron chi connectivity index (χ3n) is 3.77. The van der Waals surface area contributed by atoms with E-state index in [0.29, 0.717) is 22.4 Å². The lowest BCUT2D eigenvalue weighted by atomic mass is 9.99. The van der Waals surface area contributed by atoms with Gasteiger partial charge in [0.25, 0.3) is 0 Å². The molecule has 0 bridgehead atoms. The van der Waals surface area contributed by atoms with E-state index >= 15 is 0 Å². The van der Waals surface area contributed by atoms with Crippen molar-refractivity contribution in [1.82, 2.24) is 4.98 Å². The van der Waals surface area contributed by atoms with E-state index in [9.17, 15) is 13.2 Å². The van der Waals surface area contributed by atoms with E-state index in [-0.39, 0.29) is 5.52 Å². The molecule has 2 aromatic carbocycles. The van der Waals surface area contributed by atoms with Gasteiger partial charge in [-0.25, -0.2) is 0 Å². The molecule has 0 radical (unpaired) electrons. The SMILES string of the molecule is COc1ccc(-c2ccnc3c(C(F)(F)F)cccc23)cc1OC. The second-order valence-electron chi connectivity index (χ2n) is 5.13. The quantitative estimate of drug-likeness (QED) is 0.680. The number of benzene rings is 2. The predicted molar refractivity (Wildman–Crippen MR) is 85.3 cm³/mol.